The van der Waals surface area contributed by atoms with Gasteiger partial charge < -0.3 is 16.2 Å². The molecule has 5 nitrogen and oxygen atoms in total. The average molecular weight is 296 g/mol. The van der Waals surface area contributed by atoms with Crippen LogP contribution in [0.4, 0.5) is 11.4 Å². The number of nitrogens with one attached hydrogen (secondary N) is 2. The third-order valence-corrected chi connectivity index (χ3v) is 3.91. The van der Waals surface area contributed by atoms with Gasteiger partial charge in [-0.2, -0.15) is 0 Å². The van der Waals surface area contributed by atoms with Crippen LogP contribution in [0.1, 0.15) is 18.4 Å². The van der Waals surface area contributed by atoms with Crippen LogP contribution in [-0.2, 0) is 4.79 Å². The van der Waals surface area contributed by atoms with E-state index in [0.717, 1.165) is 27.4 Å². The summed E-state index contributed by atoms with van der Waals surface area (Å²) in [5, 5.41) is 16.7. The molecule has 1 aromatic rings. The van der Waals surface area contributed by atoms with Crippen molar-refractivity contribution in [1.29, 1.82) is 5.41 Å². The van der Waals surface area contributed by atoms with Gasteiger partial charge in [-0.3, -0.25) is 9.69 Å². The number of rotatable bonds is 4. The van der Waals surface area contributed by atoms with Crippen molar-refractivity contribution in [2.75, 3.05) is 12.3 Å². The van der Waals surface area contributed by atoms with Crippen LogP contribution >= 0.6 is 0 Å². The molecule has 1 unspecified atom stereocenters. The van der Waals surface area contributed by atoms with E-state index in [9.17, 15) is 4.79 Å². The second-order valence-electron chi connectivity index (χ2n) is 5.52. The van der Waals surface area contributed by atoms with Gasteiger partial charge in [0.05, 0.1) is 18.7 Å². The third-order valence-electron chi connectivity index (χ3n) is 3.91. The molecule has 1 aliphatic heterocycles. The summed E-state index contributed by atoms with van der Waals surface area (Å²) >= 11 is 0. The van der Waals surface area contributed by atoms with Crippen LogP contribution in [-0.4, -0.2) is 23.3 Å². The summed E-state index contributed by atoms with van der Waals surface area (Å²) in [6.45, 7) is 0.660. The summed E-state index contributed by atoms with van der Waals surface area (Å²) in [6.07, 6.45) is 8.35. The molecule has 0 aromatic heterocycles. The van der Waals surface area contributed by atoms with Crippen molar-refractivity contribution < 1.29 is 14.8 Å². The summed E-state index contributed by atoms with van der Waals surface area (Å²) in [5.41, 5.74) is 11.3. The summed E-state index contributed by atoms with van der Waals surface area (Å²) < 4.78 is 0. The predicted octanol–water partition coefficient (Wildman–Crippen LogP) is 1.52. The third kappa shape index (κ3) is 2.71. The number of hydrogen-bond acceptors (Lipinski definition) is 3. The second-order valence-corrected chi connectivity index (χ2v) is 5.52. The first-order valence-corrected chi connectivity index (χ1v) is 7.23. The first-order chi connectivity index (χ1) is 10.5. The Morgan fingerprint density at radius 1 is 1.27 bits per heavy atom. The van der Waals surface area contributed by atoms with Gasteiger partial charge in [0.2, 0.25) is 0 Å². The summed E-state index contributed by atoms with van der Waals surface area (Å²) in [4.78, 5) is 11.9. The van der Waals surface area contributed by atoms with Crippen LogP contribution in [0.25, 0.3) is 6.08 Å². The molecule has 112 valence electrons. The first kappa shape index (κ1) is 14.3. The van der Waals surface area contributed by atoms with Crippen molar-refractivity contribution in [2.45, 2.75) is 12.8 Å². The van der Waals surface area contributed by atoms with E-state index < -0.39 is 5.97 Å². The molecule has 0 radical (unpaired) electrons. The summed E-state index contributed by atoms with van der Waals surface area (Å²) in [5.74, 6) is -0.787. The van der Waals surface area contributed by atoms with Crippen LogP contribution in [0.3, 0.4) is 0 Å². The predicted molar refractivity (Wildman–Crippen MR) is 86.1 cm³/mol. The molecular weight excluding hydrogens is 278 g/mol. The maximum atomic E-state index is 10.8. The maximum Gasteiger partial charge on any atom is 0.303 e. The van der Waals surface area contributed by atoms with Crippen molar-refractivity contribution in [1.82, 2.24) is 0 Å². The molecule has 0 bridgehead atoms. The normalized spacial score (nSPS) is 19.1. The standard InChI is InChI=1S/C17H17N3O2/c18-13-5-3-11-8-12-4-6-14(19)10-16(12)20(15(11)9-13)7-1-2-17(21)22/h3-6,8-10,18H,1-2,7,19H2,(H,21,22)/p+1. The fourth-order valence-electron chi connectivity index (χ4n) is 2.90. The zero-order valence-corrected chi connectivity index (χ0v) is 12.1. The Labute approximate surface area is 128 Å². The lowest BCUT2D eigenvalue weighted by Crippen LogP contribution is -3.06. The van der Waals surface area contributed by atoms with E-state index in [-0.39, 0.29) is 6.42 Å². The molecule has 0 saturated carbocycles. The molecule has 22 heavy (non-hydrogen) atoms. The van der Waals surface area contributed by atoms with Crippen LogP contribution in [0, 0.1) is 5.41 Å². The molecule has 2 aliphatic rings. The Kier molecular flexibility index (Phi) is 3.65. The number of nitrogens with two attached hydrogens (primary N) is 1. The Balaban J connectivity index is 2.00. The SMILES string of the molecule is N=C1C=CC2=Cc3ccc(N)cc3[NH+](CCCC(=O)O)C2=C1. The van der Waals surface area contributed by atoms with Crippen LogP contribution in [0.15, 0.2) is 47.7 Å². The Morgan fingerprint density at radius 2 is 2.09 bits per heavy atom. The number of allylic oxidation sites excluding steroid dienone is 3. The zero-order valence-electron chi connectivity index (χ0n) is 12.1. The minimum Gasteiger partial charge on any atom is -0.481 e. The van der Waals surface area contributed by atoms with Crippen molar-refractivity contribution in [3.63, 3.8) is 0 Å². The first-order valence-electron chi connectivity index (χ1n) is 7.23. The van der Waals surface area contributed by atoms with Gasteiger partial charge in [-0.05, 0) is 30.4 Å². The van der Waals surface area contributed by atoms with Crippen molar-refractivity contribution in [3.8, 4) is 0 Å². The topological polar surface area (TPSA) is 91.6 Å². The fraction of sp³-hybridized carbons (Fsp3) is 0.176. The van der Waals surface area contributed by atoms with Crippen molar-refractivity contribution in [2.24, 2.45) is 0 Å². The van der Waals surface area contributed by atoms with Gasteiger partial charge in [0.1, 0.15) is 11.4 Å². The Hall–Kier alpha value is -2.66. The van der Waals surface area contributed by atoms with E-state index in [1.807, 2.05) is 30.4 Å². The molecule has 5 heteroatoms. The highest BCUT2D eigenvalue weighted by atomic mass is 16.4. The number of nitrogen functional groups attached to an aromatic ring is 1. The fourth-order valence-corrected chi connectivity index (χ4v) is 2.90. The molecule has 0 spiro atoms. The number of carboxylic acids is 1. The number of hydrogen-bond donors (Lipinski definition) is 4. The van der Waals surface area contributed by atoms with Gasteiger partial charge in [-0.1, -0.05) is 0 Å². The van der Waals surface area contributed by atoms with Gasteiger partial charge in [0.25, 0.3) is 0 Å². The van der Waals surface area contributed by atoms with Crippen LogP contribution in [0.2, 0.25) is 0 Å². The summed E-state index contributed by atoms with van der Waals surface area (Å²) in [7, 11) is 0. The monoisotopic (exact) mass is 296 g/mol. The number of quaternary nitrogens is 1. The van der Waals surface area contributed by atoms with E-state index in [0.29, 0.717) is 24.4 Å². The molecule has 1 atom stereocenters. The molecule has 0 amide bonds. The van der Waals surface area contributed by atoms with E-state index >= 15 is 0 Å². The second kappa shape index (κ2) is 5.61. The molecular formula is C17H18N3O2+. The largest absolute Gasteiger partial charge is 0.481 e. The van der Waals surface area contributed by atoms with E-state index in [2.05, 4.69) is 6.08 Å². The molecule has 5 N–H and O–H groups in total. The molecule has 1 aromatic carbocycles. The van der Waals surface area contributed by atoms with Gasteiger partial charge in [0, 0.05) is 35.4 Å². The van der Waals surface area contributed by atoms with Crippen LogP contribution < -0.4 is 10.6 Å². The van der Waals surface area contributed by atoms with Gasteiger partial charge in [-0.15, -0.1) is 0 Å². The number of aliphatic carboxylic acids is 1. The molecule has 0 fully saturated rings. The zero-order chi connectivity index (χ0) is 15.7. The van der Waals surface area contributed by atoms with Crippen LogP contribution in [0.5, 0.6) is 0 Å². The molecule has 0 saturated heterocycles. The number of carbonyl (C=O) groups is 1. The highest BCUT2D eigenvalue weighted by Gasteiger charge is 2.29. The maximum absolute atomic E-state index is 10.8. The number of fused-ring (bicyclic) bond motifs is 2. The van der Waals surface area contributed by atoms with Gasteiger partial charge >= 0.3 is 5.97 Å². The highest BCUT2D eigenvalue weighted by molar-refractivity contribution is 6.04. The van der Waals surface area contributed by atoms with E-state index in [4.69, 9.17) is 16.2 Å². The van der Waals surface area contributed by atoms with Crippen molar-refractivity contribution in [3.05, 3.63) is 53.3 Å². The van der Waals surface area contributed by atoms with Gasteiger partial charge in [-0.25, -0.2) is 0 Å². The lowest BCUT2D eigenvalue weighted by atomic mass is 9.94. The number of carboxylic acid groups (broad SMARTS) is 1. The smallest absolute Gasteiger partial charge is 0.303 e. The lowest BCUT2D eigenvalue weighted by molar-refractivity contribution is -0.788. The lowest BCUT2D eigenvalue weighted by Gasteiger charge is -2.28. The highest BCUT2D eigenvalue weighted by Crippen LogP contribution is 2.27. The van der Waals surface area contributed by atoms with E-state index in [1.54, 1.807) is 6.08 Å². The Morgan fingerprint density at radius 3 is 2.86 bits per heavy atom. The molecule has 1 heterocycles. The minimum absolute atomic E-state index is 0.140. The van der Waals surface area contributed by atoms with E-state index in [1.165, 1.54) is 0 Å². The van der Waals surface area contributed by atoms with Gasteiger partial charge in [0.15, 0.2) is 0 Å². The average Bonchev–Trinajstić information content (AvgIpc) is 2.47. The Bertz CT molecular complexity index is 744. The minimum atomic E-state index is -0.787. The van der Waals surface area contributed by atoms with Crippen molar-refractivity contribution >= 4 is 29.1 Å². The number of benzene rings is 1. The number of anilines is 1. The molecule has 3 rings (SSSR count). The molecule has 1 aliphatic carbocycles. The quantitative estimate of drug-likeness (QED) is 0.635. The summed E-state index contributed by atoms with van der Waals surface area (Å²) in [6, 6.07) is 5.79.